The molecule has 3 rings (SSSR count). The van der Waals surface area contributed by atoms with E-state index in [2.05, 4.69) is 34.5 Å². The summed E-state index contributed by atoms with van der Waals surface area (Å²) < 4.78 is 5.79. The van der Waals surface area contributed by atoms with E-state index in [0.29, 0.717) is 19.2 Å². The summed E-state index contributed by atoms with van der Waals surface area (Å²) in [5.74, 6) is 0.167. The summed E-state index contributed by atoms with van der Waals surface area (Å²) in [6, 6.07) is 10.7. The summed E-state index contributed by atoms with van der Waals surface area (Å²) in [5.41, 5.74) is 1.29. The largest absolute Gasteiger partial charge is 0.366 e. The first-order valence-corrected chi connectivity index (χ1v) is 8.61. The van der Waals surface area contributed by atoms with Crippen LogP contribution in [0.15, 0.2) is 30.3 Å². The van der Waals surface area contributed by atoms with Crippen LogP contribution in [0.25, 0.3) is 0 Å². The van der Waals surface area contributed by atoms with E-state index >= 15 is 0 Å². The topological polar surface area (TPSA) is 44.8 Å². The quantitative estimate of drug-likeness (QED) is 0.883. The molecule has 0 aromatic heterocycles. The van der Waals surface area contributed by atoms with Gasteiger partial charge in [0.2, 0.25) is 0 Å². The van der Waals surface area contributed by atoms with Crippen LogP contribution in [0.5, 0.6) is 0 Å². The number of benzene rings is 1. The van der Waals surface area contributed by atoms with E-state index in [9.17, 15) is 4.79 Å². The standard InChI is InChI=1S/C18H27N3O2/c1-19-12-16-8-5-9-21(16)18(22)17-14-20(10-11-23-17)13-15-6-3-2-4-7-15/h2-4,6-7,16-17,19H,5,8-14H2,1H3/t16-,17+/m1/s1. The van der Waals surface area contributed by atoms with Crippen LogP contribution in [0.4, 0.5) is 0 Å². The maximum absolute atomic E-state index is 12.8. The van der Waals surface area contributed by atoms with Gasteiger partial charge in [-0.25, -0.2) is 0 Å². The molecule has 1 aromatic carbocycles. The van der Waals surface area contributed by atoms with Crippen molar-refractivity contribution in [2.45, 2.75) is 31.5 Å². The Morgan fingerprint density at radius 3 is 2.91 bits per heavy atom. The molecule has 5 nitrogen and oxygen atoms in total. The Morgan fingerprint density at radius 2 is 2.13 bits per heavy atom. The fourth-order valence-corrected chi connectivity index (χ4v) is 3.60. The van der Waals surface area contributed by atoms with Crippen molar-refractivity contribution < 1.29 is 9.53 Å². The maximum atomic E-state index is 12.8. The molecule has 126 valence electrons. The molecule has 0 bridgehead atoms. The first kappa shape index (κ1) is 16.4. The molecule has 1 amide bonds. The van der Waals surface area contributed by atoms with Gasteiger partial charge in [-0.15, -0.1) is 0 Å². The monoisotopic (exact) mass is 317 g/mol. The van der Waals surface area contributed by atoms with Crippen molar-refractivity contribution in [2.75, 3.05) is 39.8 Å². The zero-order valence-electron chi connectivity index (χ0n) is 13.9. The lowest BCUT2D eigenvalue weighted by molar-refractivity contribution is -0.150. The van der Waals surface area contributed by atoms with Crippen molar-refractivity contribution in [2.24, 2.45) is 0 Å². The Kier molecular flexibility index (Phi) is 5.65. The molecule has 1 aromatic rings. The number of likely N-dealkylation sites (tertiary alicyclic amines) is 1. The van der Waals surface area contributed by atoms with E-state index in [1.54, 1.807) is 0 Å². The Labute approximate surface area is 138 Å². The van der Waals surface area contributed by atoms with Gasteiger partial charge in [0.25, 0.3) is 5.91 Å². The molecule has 2 atom stereocenters. The molecule has 23 heavy (non-hydrogen) atoms. The summed E-state index contributed by atoms with van der Waals surface area (Å²) in [6.45, 7) is 4.83. The van der Waals surface area contributed by atoms with Gasteiger partial charge in [-0.1, -0.05) is 30.3 Å². The normalized spacial score (nSPS) is 25.7. The van der Waals surface area contributed by atoms with Crippen molar-refractivity contribution in [1.29, 1.82) is 0 Å². The van der Waals surface area contributed by atoms with Crippen molar-refractivity contribution in [3.63, 3.8) is 0 Å². The number of hydrogen-bond donors (Lipinski definition) is 1. The van der Waals surface area contributed by atoms with Gasteiger partial charge in [0.05, 0.1) is 6.61 Å². The van der Waals surface area contributed by atoms with Crippen LogP contribution in [0, 0.1) is 0 Å². The second-order valence-corrected chi connectivity index (χ2v) is 6.47. The van der Waals surface area contributed by atoms with E-state index in [0.717, 1.165) is 39.0 Å². The molecular formula is C18H27N3O2. The Morgan fingerprint density at radius 1 is 1.30 bits per heavy atom. The van der Waals surface area contributed by atoms with Crippen LogP contribution in [-0.2, 0) is 16.1 Å². The fourth-order valence-electron chi connectivity index (χ4n) is 3.60. The molecule has 0 spiro atoms. The molecule has 0 aliphatic carbocycles. The van der Waals surface area contributed by atoms with Gasteiger partial charge < -0.3 is 15.0 Å². The number of nitrogens with one attached hydrogen (secondary N) is 1. The summed E-state index contributed by atoms with van der Waals surface area (Å²) in [7, 11) is 1.94. The molecule has 1 N–H and O–H groups in total. The van der Waals surface area contributed by atoms with Gasteiger partial charge in [0.1, 0.15) is 6.10 Å². The molecule has 2 aliphatic heterocycles. The highest BCUT2D eigenvalue weighted by Crippen LogP contribution is 2.20. The molecule has 2 saturated heterocycles. The number of ether oxygens (including phenoxy) is 1. The van der Waals surface area contributed by atoms with Gasteiger partial charge in [-0.2, -0.15) is 0 Å². The van der Waals surface area contributed by atoms with E-state index in [-0.39, 0.29) is 12.0 Å². The van der Waals surface area contributed by atoms with E-state index in [1.165, 1.54) is 5.56 Å². The second-order valence-electron chi connectivity index (χ2n) is 6.47. The minimum absolute atomic E-state index is 0.167. The SMILES string of the molecule is CNC[C@H]1CCCN1C(=O)[C@@H]1CN(Cc2ccccc2)CCO1. The third kappa shape index (κ3) is 4.10. The van der Waals surface area contributed by atoms with Crippen LogP contribution < -0.4 is 5.32 Å². The lowest BCUT2D eigenvalue weighted by Gasteiger charge is -2.35. The summed E-state index contributed by atoms with van der Waals surface area (Å²) in [4.78, 5) is 17.2. The Bertz CT molecular complexity index is 508. The minimum Gasteiger partial charge on any atom is -0.366 e. The summed E-state index contributed by atoms with van der Waals surface area (Å²) >= 11 is 0. The van der Waals surface area contributed by atoms with Gasteiger partial charge in [0.15, 0.2) is 0 Å². The predicted octanol–water partition coefficient (Wildman–Crippen LogP) is 1.10. The Hall–Kier alpha value is -1.43. The van der Waals surface area contributed by atoms with Crippen LogP contribution in [0.2, 0.25) is 0 Å². The Balaban J connectivity index is 1.58. The van der Waals surface area contributed by atoms with Gasteiger partial charge in [-0.3, -0.25) is 9.69 Å². The van der Waals surface area contributed by atoms with Crippen molar-refractivity contribution in [3.8, 4) is 0 Å². The average Bonchev–Trinajstić information content (AvgIpc) is 3.04. The summed E-state index contributed by atoms with van der Waals surface area (Å²) in [5, 5.41) is 3.19. The predicted molar refractivity (Wildman–Crippen MR) is 90.1 cm³/mol. The first-order valence-electron chi connectivity index (χ1n) is 8.61. The van der Waals surface area contributed by atoms with Crippen LogP contribution in [0.3, 0.4) is 0 Å². The number of carbonyl (C=O) groups excluding carboxylic acids is 1. The highest BCUT2D eigenvalue weighted by atomic mass is 16.5. The maximum Gasteiger partial charge on any atom is 0.253 e. The lowest BCUT2D eigenvalue weighted by atomic mass is 10.1. The minimum atomic E-state index is -0.315. The van der Waals surface area contributed by atoms with E-state index in [4.69, 9.17) is 4.74 Å². The number of nitrogens with zero attached hydrogens (tertiary/aromatic N) is 2. The molecule has 0 unspecified atom stereocenters. The molecule has 0 saturated carbocycles. The van der Waals surface area contributed by atoms with Crippen LogP contribution >= 0.6 is 0 Å². The van der Waals surface area contributed by atoms with E-state index in [1.807, 2.05) is 18.0 Å². The van der Waals surface area contributed by atoms with Gasteiger partial charge >= 0.3 is 0 Å². The number of rotatable bonds is 5. The summed E-state index contributed by atoms with van der Waals surface area (Å²) in [6.07, 6.45) is 1.87. The number of amides is 1. The lowest BCUT2D eigenvalue weighted by Crippen LogP contribution is -2.53. The van der Waals surface area contributed by atoms with Crippen molar-refractivity contribution in [1.82, 2.24) is 15.1 Å². The van der Waals surface area contributed by atoms with Crippen LogP contribution in [0.1, 0.15) is 18.4 Å². The molecular weight excluding hydrogens is 290 g/mol. The molecule has 2 fully saturated rings. The smallest absolute Gasteiger partial charge is 0.253 e. The molecule has 5 heteroatoms. The highest BCUT2D eigenvalue weighted by Gasteiger charge is 2.35. The van der Waals surface area contributed by atoms with Crippen molar-refractivity contribution >= 4 is 5.91 Å². The zero-order chi connectivity index (χ0) is 16.1. The third-order valence-electron chi connectivity index (χ3n) is 4.77. The third-order valence-corrected chi connectivity index (χ3v) is 4.77. The highest BCUT2D eigenvalue weighted by molar-refractivity contribution is 5.82. The second kappa shape index (κ2) is 7.90. The first-order chi connectivity index (χ1) is 11.3. The number of carbonyl (C=O) groups is 1. The molecule has 2 heterocycles. The molecule has 2 aliphatic rings. The fraction of sp³-hybridized carbons (Fsp3) is 0.611. The van der Waals surface area contributed by atoms with Crippen LogP contribution in [-0.4, -0.2) is 67.7 Å². The number of likely N-dealkylation sites (N-methyl/N-ethyl adjacent to an activating group) is 1. The van der Waals surface area contributed by atoms with E-state index < -0.39 is 0 Å². The average molecular weight is 317 g/mol. The number of hydrogen-bond acceptors (Lipinski definition) is 4. The zero-order valence-corrected chi connectivity index (χ0v) is 13.9. The van der Waals surface area contributed by atoms with Gasteiger partial charge in [0, 0.05) is 38.8 Å². The number of morpholine rings is 1. The molecule has 0 radical (unpaired) electrons. The van der Waals surface area contributed by atoms with Crippen molar-refractivity contribution in [3.05, 3.63) is 35.9 Å². The van der Waals surface area contributed by atoms with Gasteiger partial charge in [-0.05, 0) is 25.5 Å².